The highest BCUT2D eigenvalue weighted by molar-refractivity contribution is 6.04. The van der Waals surface area contributed by atoms with Crippen LogP contribution in [0, 0.1) is 0 Å². The van der Waals surface area contributed by atoms with E-state index in [2.05, 4.69) is 10.5 Å². The lowest BCUT2D eigenvalue weighted by Crippen LogP contribution is -2.51. The fourth-order valence-corrected chi connectivity index (χ4v) is 2.63. The van der Waals surface area contributed by atoms with Crippen LogP contribution in [0.2, 0.25) is 0 Å². The number of carboxylic acid groups (broad SMARTS) is 1. The molecule has 3 rings (SSSR count). The maximum atomic E-state index is 12.3. The number of rotatable bonds is 6. The van der Waals surface area contributed by atoms with Crippen molar-refractivity contribution in [2.75, 3.05) is 0 Å². The quantitative estimate of drug-likeness (QED) is 0.838. The summed E-state index contributed by atoms with van der Waals surface area (Å²) in [7, 11) is 0. The molecule has 0 aromatic heterocycles. The molecule has 1 aliphatic rings. The van der Waals surface area contributed by atoms with Crippen LogP contribution in [0.25, 0.3) is 0 Å². The van der Waals surface area contributed by atoms with Crippen LogP contribution in [0.3, 0.4) is 0 Å². The van der Waals surface area contributed by atoms with Crippen molar-refractivity contribution >= 4 is 17.6 Å². The van der Waals surface area contributed by atoms with Crippen LogP contribution in [-0.4, -0.2) is 29.7 Å². The Morgan fingerprint density at radius 1 is 1.12 bits per heavy atom. The predicted molar refractivity (Wildman–Crippen MR) is 89.6 cm³/mol. The number of oxime groups is 1. The van der Waals surface area contributed by atoms with Crippen molar-refractivity contribution in [1.29, 1.82) is 0 Å². The van der Waals surface area contributed by atoms with Crippen LogP contribution in [0.4, 0.5) is 0 Å². The Labute approximate surface area is 145 Å². The molecule has 2 aromatic rings. The van der Waals surface area contributed by atoms with Gasteiger partial charge in [0.2, 0.25) is 6.10 Å². The van der Waals surface area contributed by atoms with Crippen molar-refractivity contribution in [2.45, 2.75) is 25.0 Å². The molecule has 0 bridgehead atoms. The molecule has 0 radical (unpaired) electrons. The maximum Gasteiger partial charge on any atom is 0.264 e. The lowest BCUT2D eigenvalue weighted by molar-refractivity contribution is -0.308. The Kier molecular flexibility index (Phi) is 5.09. The lowest BCUT2D eigenvalue weighted by Gasteiger charge is -2.21. The molecule has 128 valence electrons. The van der Waals surface area contributed by atoms with E-state index in [0.717, 1.165) is 11.1 Å². The van der Waals surface area contributed by atoms with Crippen molar-refractivity contribution in [3.63, 3.8) is 0 Å². The van der Waals surface area contributed by atoms with Gasteiger partial charge in [-0.25, -0.2) is 0 Å². The summed E-state index contributed by atoms with van der Waals surface area (Å²) in [5.41, 5.74) is 2.33. The highest BCUT2D eigenvalue weighted by atomic mass is 16.6. The van der Waals surface area contributed by atoms with Gasteiger partial charge in [0, 0.05) is 6.42 Å². The zero-order chi connectivity index (χ0) is 17.6. The number of aliphatic carboxylic acids is 1. The van der Waals surface area contributed by atoms with Gasteiger partial charge in [-0.3, -0.25) is 4.79 Å². The van der Waals surface area contributed by atoms with Gasteiger partial charge in [0.05, 0.1) is 17.7 Å². The smallest absolute Gasteiger partial charge is 0.264 e. The molecule has 2 atom stereocenters. The monoisotopic (exact) mass is 337 g/mol. The van der Waals surface area contributed by atoms with Crippen LogP contribution < -0.4 is 10.4 Å². The first-order chi connectivity index (χ1) is 12.1. The highest BCUT2D eigenvalue weighted by Crippen LogP contribution is 2.17. The minimum Gasteiger partial charge on any atom is -0.548 e. The van der Waals surface area contributed by atoms with Gasteiger partial charge in [0.25, 0.3) is 5.91 Å². The Morgan fingerprint density at radius 2 is 1.76 bits per heavy atom. The molecule has 0 saturated heterocycles. The van der Waals surface area contributed by atoms with Crippen molar-refractivity contribution in [1.82, 2.24) is 5.32 Å². The van der Waals surface area contributed by atoms with E-state index in [9.17, 15) is 14.7 Å². The molecule has 6 heteroatoms. The Balaban J connectivity index is 1.60. The molecule has 0 unspecified atom stereocenters. The molecule has 2 aromatic carbocycles. The minimum absolute atomic E-state index is 0.147. The van der Waals surface area contributed by atoms with Crippen LogP contribution >= 0.6 is 0 Å². The first kappa shape index (κ1) is 16.7. The third kappa shape index (κ3) is 4.23. The first-order valence-corrected chi connectivity index (χ1v) is 7.97. The lowest BCUT2D eigenvalue weighted by atomic mass is 10.0. The molecular formula is C19H17N2O4-. The molecule has 1 aliphatic heterocycles. The van der Waals surface area contributed by atoms with Crippen LogP contribution in [-0.2, 0) is 20.8 Å². The molecule has 0 aliphatic carbocycles. The van der Waals surface area contributed by atoms with Crippen LogP contribution in [0.5, 0.6) is 0 Å². The van der Waals surface area contributed by atoms with Gasteiger partial charge in [-0.05, 0) is 17.5 Å². The number of hydrogen-bond donors (Lipinski definition) is 1. The molecule has 0 fully saturated rings. The number of carbonyl (C=O) groups is 2. The van der Waals surface area contributed by atoms with Crippen LogP contribution in [0.1, 0.15) is 17.5 Å². The van der Waals surface area contributed by atoms with E-state index >= 15 is 0 Å². The SMILES string of the molecule is O=C([O-])[C@H](Cc1ccccc1)NC(=O)[C@H]1CC(c2ccccc2)=NO1. The highest BCUT2D eigenvalue weighted by Gasteiger charge is 2.30. The Bertz CT molecular complexity index is 775. The number of carboxylic acids is 1. The van der Waals surface area contributed by atoms with Crippen molar-refractivity contribution in [3.8, 4) is 0 Å². The first-order valence-electron chi connectivity index (χ1n) is 7.97. The van der Waals surface area contributed by atoms with Gasteiger partial charge < -0.3 is 20.1 Å². The fraction of sp³-hybridized carbons (Fsp3) is 0.211. The third-order valence-electron chi connectivity index (χ3n) is 3.95. The molecule has 6 nitrogen and oxygen atoms in total. The van der Waals surface area contributed by atoms with Crippen molar-refractivity contribution in [2.24, 2.45) is 5.16 Å². The molecule has 0 spiro atoms. The van der Waals surface area contributed by atoms with Crippen LogP contribution in [0.15, 0.2) is 65.8 Å². The van der Waals surface area contributed by atoms with Gasteiger partial charge in [0.1, 0.15) is 0 Å². The summed E-state index contributed by atoms with van der Waals surface area (Å²) >= 11 is 0. The number of amides is 1. The Hall–Kier alpha value is -3.15. The second kappa shape index (κ2) is 7.61. The van der Waals surface area contributed by atoms with E-state index in [1.807, 2.05) is 48.5 Å². The number of hydrogen-bond acceptors (Lipinski definition) is 5. The number of benzene rings is 2. The zero-order valence-electron chi connectivity index (χ0n) is 13.4. The van der Waals surface area contributed by atoms with E-state index in [0.29, 0.717) is 12.1 Å². The van der Waals surface area contributed by atoms with E-state index in [4.69, 9.17) is 4.84 Å². The third-order valence-corrected chi connectivity index (χ3v) is 3.95. The van der Waals surface area contributed by atoms with E-state index < -0.39 is 24.0 Å². The summed E-state index contributed by atoms with van der Waals surface area (Å²) in [6.45, 7) is 0. The summed E-state index contributed by atoms with van der Waals surface area (Å²) in [5.74, 6) is -1.85. The summed E-state index contributed by atoms with van der Waals surface area (Å²) in [4.78, 5) is 28.8. The number of carbonyl (C=O) groups excluding carboxylic acids is 2. The Morgan fingerprint density at radius 3 is 2.40 bits per heavy atom. The molecule has 1 amide bonds. The largest absolute Gasteiger partial charge is 0.548 e. The van der Waals surface area contributed by atoms with Crippen molar-refractivity contribution in [3.05, 3.63) is 71.8 Å². The van der Waals surface area contributed by atoms with E-state index in [1.54, 1.807) is 12.1 Å². The maximum absolute atomic E-state index is 12.3. The standard InChI is InChI=1S/C19H18N2O4/c22-18(17-12-15(21-25-17)14-9-5-2-6-10-14)20-16(19(23)24)11-13-7-3-1-4-8-13/h1-10,16-17H,11-12H2,(H,20,22)(H,23,24)/p-1/t16-,17+/m0/s1. The predicted octanol–water partition coefficient (Wildman–Crippen LogP) is 0.657. The molecule has 1 heterocycles. The molecule has 1 N–H and O–H groups in total. The van der Waals surface area contributed by atoms with Gasteiger partial charge in [-0.15, -0.1) is 0 Å². The summed E-state index contributed by atoms with van der Waals surface area (Å²) in [6, 6.07) is 17.3. The number of nitrogens with one attached hydrogen (secondary N) is 1. The average Bonchev–Trinajstić information content (AvgIpc) is 3.13. The topological polar surface area (TPSA) is 90.8 Å². The molecule has 25 heavy (non-hydrogen) atoms. The van der Waals surface area contributed by atoms with Crippen molar-refractivity contribution < 1.29 is 19.5 Å². The second-order valence-electron chi connectivity index (χ2n) is 5.77. The van der Waals surface area contributed by atoms with Gasteiger partial charge >= 0.3 is 0 Å². The number of nitrogens with zero attached hydrogens (tertiary/aromatic N) is 1. The van der Waals surface area contributed by atoms with Gasteiger partial charge in [0.15, 0.2) is 0 Å². The summed E-state index contributed by atoms with van der Waals surface area (Å²) < 4.78 is 0. The summed E-state index contributed by atoms with van der Waals surface area (Å²) in [5, 5.41) is 17.8. The minimum atomic E-state index is -1.33. The normalized spacial score (nSPS) is 17.3. The van der Waals surface area contributed by atoms with Gasteiger partial charge in [-0.1, -0.05) is 65.8 Å². The average molecular weight is 337 g/mol. The summed E-state index contributed by atoms with van der Waals surface area (Å²) in [6.07, 6.45) is -0.401. The zero-order valence-corrected chi connectivity index (χ0v) is 13.4. The molecular weight excluding hydrogens is 320 g/mol. The van der Waals surface area contributed by atoms with Gasteiger partial charge in [-0.2, -0.15) is 0 Å². The van der Waals surface area contributed by atoms with E-state index in [-0.39, 0.29) is 6.42 Å². The molecule has 0 saturated carbocycles. The fourth-order valence-electron chi connectivity index (χ4n) is 2.63. The van der Waals surface area contributed by atoms with E-state index in [1.165, 1.54) is 0 Å². The second-order valence-corrected chi connectivity index (χ2v) is 5.77.